The fourth-order valence-electron chi connectivity index (χ4n) is 3.14. The minimum absolute atomic E-state index is 0.0600. The van der Waals surface area contributed by atoms with Crippen LogP contribution in [0.2, 0.25) is 5.02 Å². The highest BCUT2D eigenvalue weighted by Gasteiger charge is 2.21. The molecule has 32 heavy (non-hydrogen) atoms. The van der Waals surface area contributed by atoms with Crippen LogP contribution in [-0.4, -0.2) is 67.1 Å². The van der Waals surface area contributed by atoms with Gasteiger partial charge >= 0.3 is 0 Å². The Bertz CT molecular complexity index is 1020. The summed E-state index contributed by atoms with van der Waals surface area (Å²) in [6, 6.07) is 12.3. The van der Waals surface area contributed by atoms with Crippen LogP contribution in [0.25, 0.3) is 6.08 Å². The van der Waals surface area contributed by atoms with Crippen LogP contribution in [0.4, 0.5) is 5.69 Å². The van der Waals surface area contributed by atoms with Gasteiger partial charge in [-0.25, -0.2) is 0 Å². The van der Waals surface area contributed by atoms with Gasteiger partial charge in [0.25, 0.3) is 5.91 Å². The second-order valence-corrected chi connectivity index (χ2v) is 8.16. The predicted molar refractivity (Wildman–Crippen MR) is 131 cm³/mol. The first kappa shape index (κ1) is 23.7. The average molecular weight is 473 g/mol. The third kappa shape index (κ3) is 6.53. The van der Waals surface area contributed by atoms with Gasteiger partial charge in [-0.15, -0.1) is 0 Å². The van der Waals surface area contributed by atoms with Gasteiger partial charge in [0.2, 0.25) is 5.91 Å². The van der Waals surface area contributed by atoms with Crippen molar-refractivity contribution in [3.05, 3.63) is 64.7 Å². The minimum atomic E-state index is -0.390. The van der Waals surface area contributed by atoms with Crippen molar-refractivity contribution in [2.24, 2.45) is 0 Å². The molecule has 2 amide bonds. The molecule has 0 aliphatic carbocycles. The molecule has 0 aromatic heterocycles. The number of methoxy groups -OCH3 is 1. The predicted octanol–water partition coefficient (Wildman–Crippen LogP) is 3.26. The van der Waals surface area contributed by atoms with E-state index in [1.54, 1.807) is 31.4 Å². The summed E-state index contributed by atoms with van der Waals surface area (Å²) < 4.78 is 5.11. The van der Waals surface area contributed by atoms with E-state index in [1.807, 2.05) is 36.2 Å². The van der Waals surface area contributed by atoms with E-state index in [1.165, 1.54) is 6.08 Å². The number of likely N-dealkylation sites (N-methyl/N-ethyl adjacent to an activating group) is 1. The number of piperazine rings is 1. The maximum Gasteiger partial charge on any atom is 0.254 e. The maximum absolute atomic E-state index is 12.8. The molecule has 1 aliphatic heterocycles. The third-order valence-corrected chi connectivity index (χ3v) is 5.57. The number of hydrogen-bond acceptors (Lipinski definition) is 5. The van der Waals surface area contributed by atoms with Gasteiger partial charge in [0.05, 0.1) is 17.8 Å². The summed E-state index contributed by atoms with van der Waals surface area (Å²) in [6.45, 7) is 3.03. The summed E-state index contributed by atoms with van der Waals surface area (Å²) >= 11 is 11.5. The van der Waals surface area contributed by atoms with Crippen molar-refractivity contribution >= 4 is 52.5 Å². The van der Waals surface area contributed by atoms with Crippen molar-refractivity contribution in [2.45, 2.75) is 0 Å². The fraction of sp³-hybridized carbons (Fsp3) is 0.261. The number of nitrogens with one attached hydrogen (secondary N) is 2. The van der Waals surface area contributed by atoms with Gasteiger partial charge in [0.1, 0.15) is 5.75 Å². The molecule has 0 unspecified atom stereocenters. The number of ether oxygens (including phenoxy) is 1. The SMILES string of the molecule is COc1ccc(/C=C/C(=O)NC(=S)Nc2cc(C(=O)N3CCN(C)CC3)ccc2Cl)cc1. The Balaban J connectivity index is 1.59. The lowest BCUT2D eigenvalue weighted by molar-refractivity contribution is -0.115. The quantitative estimate of drug-likeness (QED) is 0.514. The van der Waals surface area contributed by atoms with Crippen molar-refractivity contribution in [3.8, 4) is 5.75 Å². The van der Waals surface area contributed by atoms with Crippen LogP contribution >= 0.6 is 23.8 Å². The van der Waals surface area contributed by atoms with Gasteiger partial charge in [-0.2, -0.15) is 0 Å². The Hall–Kier alpha value is -2.94. The zero-order chi connectivity index (χ0) is 23.1. The minimum Gasteiger partial charge on any atom is -0.497 e. The lowest BCUT2D eigenvalue weighted by atomic mass is 10.1. The van der Waals surface area contributed by atoms with Crippen molar-refractivity contribution in [2.75, 3.05) is 45.7 Å². The third-order valence-electron chi connectivity index (χ3n) is 5.03. The number of carbonyl (C=O) groups excluding carboxylic acids is 2. The second kappa shape index (κ2) is 11.1. The molecule has 168 valence electrons. The second-order valence-electron chi connectivity index (χ2n) is 7.34. The molecule has 0 bridgehead atoms. The Morgan fingerprint density at radius 2 is 1.78 bits per heavy atom. The first-order valence-electron chi connectivity index (χ1n) is 10.1. The summed E-state index contributed by atoms with van der Waals surface area (Å²) in [6.07, 6.45) is 3.05. The van der Waals surface area contributed by atoms with Gasteiger partial charge in [-0.3, -0.25) is 14.9 Å². The number of carbonyl (C=O) groups is 2. The van der Waals surface area contributed by atoms with Gasteiger partial charge in [0.15, 0.2) is 5.11 Å². The number of hydrogen-bond donors (Lipinski definition) is 2. The number of amides is 2. The standard InChI is InChI=1S/C23H25ClN4O3S/c1-27-11-13-28(14-12-27)22(30)17-6-9-19(24)20(15-17)25-23(32)26-21(29)10-5-16-3-7-18(31-2)8-4-16/h3-10,15H,11-14H2,1-2H3,(H2,25,26,29,32)/b10-5+. The van der Waals surface area contributed by atoms with Crippen LogP contribution in [0.3, 0.4) is 0 Å². The Morgan fingerprint density at radius 1 is 1.09 bits per heavy atom. The van der Waals surface area contributed by atoms with E-state index in [9.17, 15) is 9.59 Å². The fourth-order valence-corrected chi connectivity index (χ4v) is 3.52. The van der Waals surface area contributed by atoms with Crippen LogP contribution in [0.5, 0.6) is 5.75 Å². The molecule has 2 aromatic rings. The monoisotopic (exact) mass is 472 g/mol. The molecule has 3 rings (SSSR count). The van der Waals surface area contributed by atoms with Gasteiger partial charge in [0, 0.05) is 37.8 Å². The Morgan fingerprint density at radius 3 is 2.44 bits per heavy atom. The van der Waals surface area contributed by atoms with E-state index in [-0.39, 0.29) is 16.9 Å². The molecular formula is C23H25ClN4O3S. The summed E-state index contributed by atoms with van der Waals surface area (Å²) in [5, 5.41) is 5.95. The summed E-state index contributed by atoms with van der Waals surface area (Å²) in [5.41, 5.74) is 1.81. The normalized spacial score (nSPS) is 14.3. The molecule has 0 radical (unpaired) electrons. The number of anilines is 1. The number of thiocarbonyl (C=S) groups is 1. The van der Waals surface area contributed by atoms with Crippen LogP contribution in [0.15, 0.2) is 48.5 Å². The van der Waals surface area contributed by atoms with Gasteiger partial charge in [-0.1, -0.05) is 23.7 Å². The topological polar surface area (TPSA) is 73.9 Å². The zero-order valence-corrected chi connectivity index (χ0v) is 19.5. The highest BCUT2D eigenvalue weighted by Crippen LogP contribution is 2.24. The number of rotatable bonds is 5. The molecule has 2 aromatic carbocycles. The molecule has 9 heteroatoms. The summed E-state index contributed by atoms with van der Waals surface area (Å²) in [7, 11) is 3.63. The lowest BCUT2D eigenvalue weighted by Crippen LogP contribution is -2.47. The highest BCUT2D eigenvalue weighted by atomic mass is 35.5. The highest BCUT2D eigenvalue weighted by molar-refractivity contribution is 7.80. The zero-order valence-electron chi connectivity index (χ0n) is 17.9. The molecule has 7 nitrogen and oxygen atoms in total. The molecule has 0 saturated carbocycles. The number of halogens is 1. The average Bonchev–Trinajstić information content (AvgIpc) is 2.79. The van der Waals surface area contributed by atoms with Gasteiger partial charge in [-0.05, 0) is 61.2 Å². The van der Waals surface area contributed by atoms with E-state index in [0.717, 1.165) is 24.4 Å². The summed E-state index contributed by atoms with van der Waals surface area (Å²) in [5.74, 6) is 0.288. The van der Waals surface area contributed by atoms with Crippen LogP contribution < -0.4 is 15.4 Å². The van der Waals surface area contributed by atoms with Crippen LogP contribution in [0, 0.1) is 0 Å². The molecule has 1 aliphatic rings. The van der Waals surface area contributed by atoms with Crippen LogP contribution in [0.1, 0.15) is 15.9 Å². The first-order chi connectivity index (χ1) is 15.4. The van der Waals surface area contributed by atoms with E-state index < -0.39 is 0 Å². The first-order valence-corrected chi connectivity index (χ1v) is 10.9. The number of nitrogens with zero attached hydrogens (tertiary/aromatic N) is 2. The van der Waals surface area contributed by atoms with Crippen molar-refractivity contribution in [1.29, 1.82) is 0 Å². The molecule has 2 N–H and O–H groups in total. The molecule has 0 spiro atoms. The Kier molecular flexibility index (Phi) is 8.21. The van der Waals surface area contributed by atoms with E-state index in [4.69, 9.17) is 28.6 Å². The Labute approximate surface area is 198 Å². The lowest BCUT2D eigenvalue weighted by Gasteiger charge is -2.32. The van der Waals surface area contributed by atoms with E-state index >= 15 is 0 Å². The summed E-state index contributed by atoms with van der Waals surface area (Å²) in [4.78, 5) is 29.0. The molecule has 1 saturated heterocycles. The molecular weight excluding hydrogens is 448 g/mol. The molecule has 0 atom stereocenters. The maximum atomic E-state index is 12.8. The molecule has 1 heterocycles. The van der Waals surface area contributed by atoms with Crippen LogP contribution in [-0.2, 0) is 4.79 Å². The van der Waals surface area contributed by atoms with Crippen molar-refractivity contribution < 1.29 is 14.3 Å². The largest absolute Gasteiger partial charge is 0.497 e. The smallest absolute Gasteiger partial charge is 0.254 e. The van der Waals surface area contributed by atoms with Crippen molar-refractivity contribution in [1.82, 2.24) is 15.1 Å². The van der Waals surface area contributed by atoms with Crippen molar-refractivity contribution in [3.63, 3.8) is 0 Å². The van der Waals surface area contributed by atoms with E-state index in [2.05, 4.69) is 15.5 Å². The molecule has 1 fully saturated rings. The van der Waals surface area contributed by atoms with E-state index in [0.29, 0.717) is 29.4 Å². The van der Waals surface area contributed by atoms with Gasteiger partial charge < -0.3 is 19.9 Å². The number of benzene rings is 2.